The summed E-state index contributed by atoms with van der Waals surface area (Å²) in [6.07, 6.45) is 1.39. The van der Waals surface area contributed by atoms with Crippen LogP contribution in [0, 0.1) is 16.3 Å². The van der Waals surface area contributed by atoms with Crippen molar-refractivity contribution in [3.63, 3.8) is 0 Å². The Balaban J connectivity index is 2.46. The van der Waals surface area contributed by atoms with Crippen LogP contribution in [-0.2, 0) is 0 Å². The molecule has 0 spiro atoms. The van der Waals surface area contributed by atoms with Crippen molar-refractivity contribution in [1.82, 2.24) is 4.98 Å². The first-order valence-electron chi connectivity index (χ1n) is 5.19. The topological polar surface area (TPSA) is 70.9 Å². The van der Waals surface area contributed by atoms with Gasteiger partial charge < -0.3 is 16.0 Å². The van der Waals surface area contributed by atoms with Gasteiger partial charge in [0.1, 0.15) is 5.82 Å². The van der Waals surface area contributed by atoms with Crippen molar-refractivity contribution in [1.29, 1.82) is 0 Å². The number of aromatic amines is 1. The normalized spacial score (nSPS) is 10.4. The van der Waals surface area contributed by atoms with Gasteiger partial charge in [0.05, 0.1) is 17.1 Å². The van der Waals surface area contributed by atoms with E-state index in [0.29, 0.717) is 16.9 Å². The minimum absolute atomic E-state index is 0.252. The number of nitrogens with two attached hydrogens (primary N) is 1. The summed E-state index contributed by atoms with van der Waals surface area (Å²) in [4.78, 5) is 14.0. The molecule has 1 aromatic carbocycles. The molecule has 0 aliphatic rings. The van der Waals surface area contributed by atoms with E-state index in [0.717, 1.165) is 3.57 Å². The molecule has 0 bridgehead atoms. The summed E-state index contributed by atoms with van der Waals surface area (Å²) in [5.74, 6) is -0.388. The predicted molar refractivity (Wildman–Crippen MR) is 78.6 cm³/mol. The highest BCUT2D eigenvalue weighted by Crippen LogP contribution is 2.26. The molecule has 6 heteroatoms. The molecule has 0 radical (unpaired) electrons. The fourth-order valence-corrected chi connectivity index (χ4v) is 2.00. The highest BCUT2D eigenvalue weighted by atomic mass is 127. The van der Waals surface area contributed by atoms with E-state index in [1.165, 1.54) is 12.3 Å². The summed E-state index contributed by atoms with van der Waals surface area (Å²) in [6, 6.07) is 4.78. The van der Waals surface area contributed by atoms with Gasteiger partial charge in [0, 0.05) is 15.3 Å². The van der Waals surface area contributed by atoms with E-state index < -0.39 is 0 Å². The lowest BCUT2D eigenvalue weighted by Gasteiger charge is -2.12. The maximum atomic E-state index is 13.7. The highest BCUT2D eigenvalue weighted by Gasteiger charge is 2.09. The number of hydrogen-bond donors (Lipinski definition) is 3. The molecule has 0 atom stereocenters. The first-order valence-corrected chi connectivity index (χ1v) is 6.26. The number of pyridine rings is 1. The number of aromatic nitrogens is 1. The number of anilines is 3. The van der Waals surface area contributed by atoms with Gasteiger partial charge in [-0.25, -0.2) is 4.39 Å². The van der Waals surface area contributed by atoms with E-state index in [1.807, 2.05) is 22.6 Å². The maximum Gasteiger partial charge on any atom is 0.253 e. The van der Waals surface area contributed by atoms with Crippen LogP contribution in [0.4, 0.5) is 21.5 Å². The molecule has 4 N–H and O–H groups in total. The fourth-order valence-electron chi connectivity index (χ4n) is 1.55. The molecular weight excluding hydrogens is 348 g/mol. The zero-order valence-corrected chi connectivity index (χ0v) is 11.7. The van der Waals surface area contributed by atoms with E-state index in [9.17, 15) is 9.18 Å². The van der Waals surface area contributed by atoms with Crippen molar-refractivity contribution in [3.05, 3.63) is 49.7 Å². The monoisotopic (exact) mass is 359 g/mol. The Bertz CT molecular complexity index is 654. The largest absolute Gasteiger partial charge is 0.396 e. The Kier molecular flexibility index (Phi) is 3.55. The molecule has 4 nitrogen and oxygen atoms in total. The summed E-state index contributed by atoms with van der Waals surface area (Å²) in [7, 11) is 0. The quantitative estimate of drug-likeness (QED) is 0.723. The summed E-state index contributed by atoms with van der Waals surface area (Å²) >= 11 is 2.02. The van der Waals surface area contributed by atoms with Crippen molar-refractivity contribution >= 4 is 39.7 Å². The molecule has 0 aliphatic heterocycles. The van der Waals surface area contributed by atoms with Gasteiger partial charge in [-0.15, -0.1) is 0 Å². The second-order valence-corrected chi connectivity index (χ2v) is 5.07. The lowest BCUT2D eigenvalue weighted by molar-refractivity contribution is 0.631. The number of benzene rings is 1. The highest BCUT2D eigenvalue weighted by molar-refractivity contribution is 14.1. The maximum absolute atomic E-state index is 13.7. The first kappa shape index (κ1) is 12.9. The number of H-pyrrole nitrogens is 1. The Morgan fingerprint density at radius 2 is 2.17 bits per heavy atom. The van der Waals surface area contributed by atoms with E-state index in [2.05, 4.69) is 10.3 Å². The summed E-state index contributed by atoms with van der Waals surface area (Å²) in [5.41, 5.74) is 7.02. The Morgan fingerprint density at radius 1 is 1.44 bits per heavy atom. The summed E-state index contributed by atoms with van der Waals surface area (Å²) in [6.45, 7) is 1.63. The number of halogens is 2. The third kappa shape index (κ3) is 2.47. The van der Waals surface area contributed by atoms with Crippen molar-refractivity contribution in [2.24, 2.45) is 0 Å². The molecule has 18 heavy (non-hydrogen) atoms. The smallest absolute Gasteiger partial charge is 0.253 e. The Morgan fingerprint density at radius 3 is 2.83 bits per heavy atom. The van der Waals surface area contributed by atoms with Gasteiger partial charge in [0.15, 0.2) is 0 Å². The molecule has 0 amide bonds. The minimum atomic E-state index is -0.388. The van der Waals surface area contributed by atoms with Crippen LogP contribution in [0.15, 0.2) is 29.2 Å². The standard InChI is InChI=1S/C12H11FIN3O/c1-6-11(9(15)5-16-12(6)18)17-10-3-2-7(14)4-8(10)13/h2-5H,15H2,1H3,(H2,16,17,18). The second kappa shape index (κ2) is 4.97. The van der Waals surface area contributed by atoms with Crippen LogP contribution >= 0.6 is 22.6 Å². The Hall–Kier alpha value is -1.57. The van der Waals surface area contributed by atoms with Crippen molar-refractivity contribution in [3.8, 4) is 0 Å². The third-order valence-electron chi connectivity index (χ3n) is 2.55. The van der Waals surface area contributed by atoms with Gasteiger partial charge in [-0.05, 0) is 47.7 Å². The molecular formula is C12H11FIN3O. The summed E-state index contributed by atoms with van der Waals surface area (Å²) < 4.78 is 14.5. The van der Waals surface area contributed by atoms with Crippen LogP contribution in [0.25, 0.3) is 0 Å². The zero-order valence-electron chi connectivity index (χ0n) is 9.55. The Labute approximate surface area is 117 Å². The van der Waals surface area contributed by atoms with Gasteiger partial charge in [-0.1, -0.05) is 0 Å². The van der Waals surface area contributed by atoms with Crippen LogP contribution in [0.3, 0.4) is 0 Å². The molecule has 0 fully saturated rings. The second-order valence-electron chi connectivity index (χ2n) is 3.82. The van der Waals surface area contributed by atoms with E-state index >= 15 is 0 Å². The average molecular weight is 359 g/mol. The third-order valence-corrected chi connectivity index (χ3v) is 3.22. The average Bonchev–Trinajstić information content (AvgIpc) is 2.32. The van der Waals surface area contributed by atoms with Gasteiger partial charge in [0.25, 0.3) is 5.56 Å². The van der Waals surface area contributed by atoms with Gasteiger partial charge in [-0.2, -0.15) is 0 Å². The SMILES string of the molecule is Cc1c(Nc2ccc(I)cc2F)c(N)c[nH]c1=O. The lowest BCUT2D eigenvalue weighted by Crippen LogP contribution is -2.13. The minimum Gasteiger partial charge on any atom is -0.396 e. The molecule has 94 valence electrons. The summed E-state index contributed by atoms with van der Waals surface area (Å²) in [5, 5.41) is 2.85. The number of nitrogen functional groups attached to an aromatic ring is 1. The van der Waals surface area contributed by atoms with E-state index in [1.54, 1.807) is 19.1 Å². The van der Waals surface area contributed by atoms with Crippen LogP contribution in [0.1, 0.15) is 5.56 Å². The molecule has 2 rings (SSSR count). The van der Waals surface area contributed by atoms with Crippen LogP contribution in [-0.4, -0.2) is 4.98 Å². The van der Waals surface area contributed by atoms with Crippen LogP contribution < -0.4 is 16.6 Å². The van der Waals surface area contributed by atoms with Crippen molar-refractivity contribution < 1.29 is 4.39 Å². The molecule has 2 aromatic rings. The molecule has 0 saturated heterocycles. The zero-order chi connectivity index (χ0) is 13.3. The molecule has 0 aliphatic carbocycles. The molecule has 0 unspecified atom stereocenters. The first-order chi connectivity index (χ1) is 8.49. The van der Waals surface area contributed by atoms with Crippen LogP contribution in [0.2, 0.25) is 0 Å². The van der Waals surface area contributed by atoms with Crippen molar-refractivity contribution in [2.45, 2.75) is 6.92 Å². The lowest BCUT2D eigenvalue weighted by atomic mass is 10.2. The number of rotatable bonds is 2. The number of hydrogen-bond acceptors (Lipinski definition) is 3. The fraction of sp³-hybridized carbons (Fsp3) is 0.0833. The molecule has 1 aromatic heterocycles. The predicted octanol–water partition coefficient (Wildman–Crippen LogP) is 2.75. The van der Waals surface area contributed by atoms with Gasteiger partial charge in [-0.3, -0.25) is 4.79 Å². The van der Waals surface area contributed by atoms with E-state index in [-0.39, 0.29) is 17.1 Å². The van der Waals surface area contributed by atoms with Crippen molar-refractivity contribution in [2.75, 3.05) is 11.1 Å². The molecule has 1 heterocycles. The van der Waals surface area contributed by atoms with Gasteiger partial charge in [0.2, 0.25) is 0 Å². The van der Waals surface area contributed by atoms with Gasteiger partial charge >= 0.3 is 0 Å². The number of nitrogens with one attached hydrogen (secondary N) is 2. The van der Waals surface area contributed by atoms with Crippen LogP contribution in [0.5, 0.6) is 0 Å². The molecule has 0 saturated carbocycles. The van der Waals surface area contributed by atoms with E-state index in [4.69, 9.17) is 5.73 Å².